The van der Waals surface area contributed by atoms with Crippen LogP contribution in [0.1, 0.15) is 5.56 Å². The van der Waals surface area contributed by atoms with E-state index in [1.54, 1.807) is 25.7 Å². The largest absolute Gasteiger partial charge is 0.319 e. The molecule has 0 saturated heterocycles. The lowest BCUT2D eigenvalue weighted by Crippen LogP contribution is -2.10. The first-order chi connectivity index (χ1) is 8.00. The van der Waals surface area contributed by atoms with Gasteiger partial charge in [-0.25, -0.2) is 0 Å². The van der Waals surface area contributed by atoms with E-state index in [2.05, 4.69) is 9.97 Å². The lowest BCUT2D eigenvalue weighted by molar-refractivity contribution is 0.588. The lowest BCUT2D eigenvalue weighted by atomic mass is 10.1. The van der Waals surface area contributed by atoms with E-state index in [0.717, 1.165) is 22.3 Å². The minimum absolute atomic E-state index is 0.735. The van der Waals surface area contributed by atoms with Gasteiger partial charge in [-0.05, 0) is 44.0 Å². The van der Waals surface area contributed by atoms with E-state index in [9.17, 15) is 4.57 Å². The van der Waals surface area contributed by atoms with Crippen LogP contribution in [0.25, 0.3) is 11.4 Å². The minimum atomic E-state index is -2.34. The summed E-state index contributed by atoms with van der Waals surface area (Å²) in [5.74, 6) is 0. The lowest BCUT2D eigenvalue weighted by Gasteiger charge is -2.12. The number of hydrogen-bond acceptors (Lipinski definition) is 3. The molecule has 2 rings (SSSR count). The summed E-state index contributed by atoms with van der Waals surface area (Å²) in [6, 6.07) is 7.56. The quantitative estimate of drug-likeness (QED) is 0.765. The van der Waals surface area contributed by atoms with Gasteiger partial charge in [-0.3, -0.25) is 9.97 Å². The summed E-state index contributed by atoms with van der Waals surface area (Å²) in [4.78, 5) is 8.68. The predicted octanol–water partition coefficient (Wildman–Crippen LogP) is 2.70. The first kappa shape index (κ1) is 12.0. The van der Waals surface area contributed by atoms with Crippen molar-refractivity contribution < 1.29 is 4.57 Å². The van der Waals surface area contributed by atoms with Crippen molar-refractivity contribution in [2.24, 2.45) is 0 Å². The van der Waals surface area contributed by atoms with Crippen LogP contribution >= 0.6 is 7.14 Å². The van der Waals surface area contributed by atoms with Crippen LogP contribution < -0.4 is 5.30 Å². The molecule has 0 atom stereocenters. The fourth-order valence-electron chi connectivity index (χ4n) is 1.75. The normalized spacial score (nSPS) is 11.5. The number of nitrogens with zero attached hydrogens (tertiary/aromatic N) is 2. The SMILES string of the molecule is Cc1cccnc1-c1ncccc1P(C)(C)=O. The van der Waals surface area contributed by atoms with Crippen LogP contribution in [0.4, 0.5) is 0 Å². The molecule has 0 amide bonds. The number of pyridine rings is 2. The van der Waals surface area contributed by atoms with Gasteiger partial charge in [0.05, 0.1) is 11.4 Å². The molecule has 0 saturated carbocycles. The summed E-state index contributed by atoms with van der Waals surface area (Å²) in [5.41, 5.74) is 2.59. The molecule has 0 aliphatic rings. The molecule has 0 unspecified atom stereocenters. The number of aryl methyl sites for hydroxylation is 1. The third-order valence-electron chi connectivity index (χ3n) is 2.60. The molecular weight excluding hydrogens is 231 g/mol. The second-order valence-electron chi connectivity index (χ2n) is 4.39. The average Bonchev–Trinajstić information content (AvgIpc) is 2.28. The molecule has 2 aromatic heterocycles. The zero-order chi connectivity index (χ0) is 12.5. The highest BCUT2D eigenvalue weighted by atomic mass is 31.2. The molecule has 0 N–H and O–H groups in total. The summed E-state index contributed by atoms with van der Waals surface area (Å²) in [5, 5.41) is 0.793. The summed E-state index contributed by atoms with van der Waals surface area (Å²) in [7, 11) is -2.34. The van der Waals surface area contributed by atoms with Gasteiger partial charge < -0.3 is 4.57 Å². The van der Waals surface area contributed by atoms with Crippen LogP contribution in [0.5, 0.6) is 0 Å². The van der Waals surface area contributed by atoms with Gasteiger partial charge in [-0.1, -0.05) is 6.07 Å². The highest BCUT2D eigenvalue weighted by molar-refractivity contribution is 7.70. The maximum absolute atomic E-state index is 12.3. The third-order valence-corrected chi connectivity index (χ3v) is 4.12. The summed E-state index contributed by atoms with van der Waals surface area (Å²) in [6.45, 7) is 5.49. The van der Waals surface area contributed by atoms with Gasteiger partial charge in [-0.2, -0.15) is 0 Å². The molecule has 88 valence electrons. The Morgan fingerprint density at radius 3 is 2.18 bits per heavy atom. The van der Waals surface area contributed by atoms with Crippen LogP contribution in [-0.4, -0.2) is 23.3 Å². The van der Waals surface area contributed by atoms with Gasteiger partial charge in [0.15, 0.2) is 0 Å². The van der Waals surface area contributed by atoms with Gasteiger partial charge in [0, 0.05) is 17.7 Å². The van der Waals surface area contributed by atoms with E-state index in [-0.39, 0.29) is 0 Å². The maximum Gasteiger partial charge on any atom is 0.112 e. The molecule has 0 aliphatic carbocycles. The van der Waals surface area contributed by atoms with Crippen LogP contribution in [0.2, 0.25) is 0 Å². The van der Waals surface area contributed by atoms with Crippen molar-refractivity contribution in [2.75, 3.05) is 13.3 Å². The fourth-order valence-corrected chi connectivity index (χ4v) is 2.87. The average molecular weight is 246 g/mol. The Morgan fingerprint density at radius 1 is 1.00 bits per heavy atom. The molecular formula is C13H15N2OP. The van der Waals surface area contributed by atoms with Crippen molar-refractivity contribution in [3.63, 3.8) is 0 Å². The van der Waals surface area contributed by atoms with E-state index in [1.807, 2.05) is 31.2 Å². The Hall–Kier alpha value is -1.47. The smallest absolute Gasteiger partial charge is 0.112 e. The Balaban J connectivity index is 2.69. The minimum Gasteiger partial charge on any atom is -0.319 e. The van der Waals surface area contributed by atoms with Gasteiger partial charge in [-0.15, -0.1) is 0 Å². The third kappa shape index (κ3) is 2.45. The molecule has 2 aromatic rings. The molecule has 0 fully saturated rings. The van der Waals surface area contributed by atoms with Crippen molar-refractivity contribution in [2.45, 2.75) is 6.92 Å². The zero-order valence-electron chi connectivity index (χ0n) is 10.2. The monoisotopic (exact) mass is 246 g/mol. The van der Waals surface area contributed by atoms with Crippen LogP contribution in [0.15, 0.2) is 36.7 Å². The summed E-state index contributed by atoms with van der Waals surface area (Å²) < 4.78 is 12.3. The van der Waals surface area contributed by atoms with Gasteiger partial charge in [0.2, 0.25) is 0 Å². The maximum atomic E-state index is 12.3. The van der Waals surface area contributed by atoms with Crippen molar-refractivity contribution in [3.8, 4) is 11.4 Å². The van der Waals surface area contributed by atoms with Crippen molar-refractivity contribution >= 4 is 12.4 Å². The van der Waals surface area contributed by atoms with Crippen molar-refractivity contribution in [1.82, 2.24) is 9.97 Å². The first-order valence-corrected chi connectivity index (χ1v) is 8.03. The van der Waals surface area contributed by atoms with Gasteiger partial charge in [0.25, 0.3) is 0 Å². The Bertz CT molecular complexity index is 589. The fraction of sp³-hybridized carbons (Fsp3) is 0.231. The van der Waals surface area contributed by atoms with E-state index in [1.165, 1.54) is 0 Å². The Morgan fingerprint density at radius 2 is 1.59 bits per heavy atom. The second kappa shape index (κ2) is 4.42. The van der Waals surface area contributed by atoms with Crippen molar-refractivity contribution in [1.29, 1.82) is 0 Å². The molecule has 0 aromatic carbocycles. The van der Waals surface area contributed by atoms with Crippen LogP contribution in [-0.2, 0) is 4.57 Å². The molecule has 2 heterocycles. The van der Waals surface area contributed by atoms with E-state index in [0.29, 0.717) is 0 Å². The van der Waals surface area contributed by atoms with Gasteiger partial charge >= 0.3 is 0 Å². The molecule has 0 aliphatic heterocycles. The highest BCUT2D eigenvalue weighted by Gasteiger charge is 2.19. The first-order valence-electron chi connectivity index (χ1n) is 5.42. The summed E-state index contributed by atoms with van der Waals surface area (Å²) in [6.07, 6.45) is 3.44. The van der Waals surface area contributed by atoms with Crippen molar-refractivity contribution in [3.05, 3.63) is 42.2 Å². The molecule has 0 spiro atoms. The predicted molar refractivity (Wildman–Crippen MR) is 71.3 cm³/mol. The molecule has 17 heavy (non-hydrogen) atoms. The van der Waals surface area contributed by atoms with E-state index >= 15 is 0 Å². The zero-order valence-corrected chi connectivity index (χ0v) is 11.1. The number of rotatable bonds is 2. The Labute approximate surface area is 101 Å². The summed E-state index contributed by atoms with van der Waals surface area (Å²) >= 11 is 0. The van der Waals surface area contributed by atoms with Crippen LogP contribution in [0, 0.1) is 6.92 Å². The van der Waals surface area contributed by atoms with E-state index in [4.69, 9.17) is 0 Å². The molecule has 0 bridgehead atoms. The second-order valence-corrected chi connectivity index (χ2v) is 7.57. The number of aromatic nitrogens is 2. The highest BCUT2D eigenvalue weighted by Crippen LogP contribution is 2.38. The molecule has 4 heteroatoms. The molecule has 0 radical (unpaired) electrons. The van der Waals surface area contributed by atoms with Crippen LogP contribution in [0.3, 0.4) is 0 Å². The molecule has 3 nitrogen and oxygen atoms in total. The Kier molecular flexibility index (Phi) is 3.12. The van der Waals surface area contributed by atoms with E-state index < -0.39 is 7.14 Å². The number of hydrogen-bond donors (Lipinski definition) is 0. The topological polar surface area (TPSA) is 42.9 Å². The van der Waals surface area contributed by atoms with Gasteiger partial charge in [0.1, 0.15) is 7.14 Å². The standard InChI is InChI=1S/C13H15N2OP/c1-10-6-4-8-14-12(10)13-11(17(2,3)16)7-5-9-15-13/h4-9H,1-3H3.